The summed E-state index contributed by atoms with van der Waals surface area (Å²) in [5.41, 5.74) is 7.23. The molecule has 0 spiro atoms. The van der Waals surface area contributed by atoms with Crippen molar-refractivity contribution in [1.29, 1.82) is 0 Å². The van der Waals surface area contributed by atoms with Crippen molar-refractivity contribution in [3.8, 4) is 0 Å². The van der Waals surface area contributed by atoms with Gasteiger partial charge in [0.2, 0.25) is 5.91 Å². The maximum atomic E-state index is 12.0. The molecule has 0 bridgehead atoms. The lowest BCUT2D eigenvalue weighted by Crippen LogP contribution is -2.54. The zero-order valence-corrected chi connectivity index (χ0v) is 11.9. The Morgan fingerprint density at radius 3 is 2.39 bits per heavy atom. The van der Waals surface area contributed by atoms with E-state index in [1.807, 2.05) is 45.0 Å². The summed E-state index contributed by atoms with van der Waals surface area (Å²) in [5.74, 6) is -0.0593. The van der Waals surface area contributed by atoms with Gasteiger partial charge in [-0.05, 0) is 25.8 Å². The Bertz CT molecular complexity index is 442. The van der Waals surface area contributed by atoms with Gasteiger partial charge in [-0.3, -0.25) is 4.79 Å². The van der Waals surface area contributed by atoms with Crippen LogP contribution in [0, 0.1) is 6.92 Å². The molecule has 3 N–H and O–H groups in total. The number of carbonyl (C=O) groups excluding carboxylic acids is 1. The lowest BCUT2D eigenvalue weighted by molar-refractivity contribution is -0.121. The van der Waals surface area contributed by atoms with Crippen molar-refractivity contribution < 1.29 is 4.79 Å². The van der Waals surface area contributed by atoms with E-state index in [1.54, 1.807) is 0 Å². The molecule has 0 aromatic heterocycles. The average molecular weight is 264 g/mol. The smallest absolute Gasteiger partial charge is 0.225 e. The molecule has 98 valence electrons. The van der Waals surface area contributed by atoms with Crippen molar-refractivity contribution in [2.45, 2.75) is 39.2 Å². The summed E-state index contributed by atoms with van der Waals surface area (Å²) in [4.78, 5) is 12.3. The lowest BCUT2D eigenvalue weighted by atomic mass is 9.98. The fraction of sp³-hybridized carbons (Fsp3) is 0.429. The monoisotopic (exact) mass is 264 g/mol. The maximum absolute atomic E-state index is 12.0. The minimum absolute atomic E-state index is 0.0593. The summed E-state index contributed by atoms with van der Waals surface area (Å²) >= 11 is 4.99. The topological polar surface area (TPSA) is 55.1 Å². The van der Waals surface area contributed by atoms with Crippen LogP contribution in [0.4, 0.5) is 0 Å². The van der Waals surface area contributed by atoms with Crippen molar-refractivity contribution in [3.05, 3.63) is 35.4 Å². The van der Waals surface area contributed by atoms with Crippen molar-refractivity contribution in [2.75, 3.05) is 0 Å². The molecule has 3 nitrogen and oxygen atoms in total. The highest BCUT2D eigenvalue weighted by molar-refractivity contribution is 7.80. The minimum atomic E-state index is -0.600. The predicted octanol–water partition coefficient (Wildman–Crippen LogP) is 2.11. The molecule has 1 rings (SSSR count). The molecule has 1 amide bonds. The molecule has 4 heteroatoms. The molecule has 0 radical (unpaired) electrons. The Morgan fingerprint density at radius 1 is 1.39 bits per heavy atom. The van der Waals surface area contributed by atoms with Gasteiger partial charge in [0, 0.05) is 0 Å². The summed E-state index contributed by atoms with van der Waals surface area (Å²) < 4.78 is 0. The van der Waals surface area contributed by atoms with Gasteiger partial charge in [-0.2, -0.15) is 0 Å². The molecule has 0 aliphatic rings. The van der Waals surface area contributed by atoms with Gasteiger partial charge in [-0.1, -0.05) is 49.0 Å². The van der Waals surface area contributed by atoms with Gasteiger partial charge < -0.3 is 11.1 Å². The number of carbonyl (C=O) groups is 1. The van der Waals surface area contributed by atoms with E-state index in [9.17, 15) is 4.79 Å². The molecule has 0 aliphatic heterocycles. The predicted molar refractivity (Wildman–Crippen MR) is 78.5 cm³/mol. The summed E-state index contributed by atoms with van der Waals surface area (Å²) in [6, 6.07) is 7.91. The third kappa shape index (κ3) is 3.81. The average Bonchev–Trinajstić information content (AvgIpc) is 2.31. The van der Waals surface area contributed by atoms with E-state index in [4.69, 9.17) is 18.0 Å². The Hall–Kier alpha value is -1.42. The van der Waals surface area contributed by atoms with Gasteiger partial charge in [0.05, 0.1) is 16.9 Å². The van der Waals surface area contributed by atoms with Gasteiger partial charge >= 0.3 is 0 Å². The van der Waals surface area contributed by atoms with E-state index < -0.39 is 5.54 Å². The number of nitrogens with two attached hydrogens (primary N) is 1. The number of amides is 1. The van der Waals surface area contributed by atoms with Crippen LogP contribution < -0.4 is 11.1 Å². The van der Waals surface area contributed by atoms with Gasteiger partial charge in [0.25, 0.3) is 0 Å². The van der Waals surface area contributed by atoms with Crippen molar-refractivity contribution in [2.24, 2.45) is 5.73 Å². The first-order chi connectivity index (χ1) is 8.37. The van der Waals surface area contributed by atoms with E-state index in [-0.39, 0.29) is 5.91 Å². The number of rotatable bonds is 5. The van der Waals surface area contributed by atoms with Gasteiger partial charge in [0.1, 0.15) is 0 Å². The van der Waals surface area contributed by atoms with Crippen molar-refractivity contribution in [1.82, 2.24) is 5.32 Å². The van der Waals surface area contributed by atoms with Crippen LogP contribution >= 0.6 is 12.2 Å². The molecule has 0 saturated carbocycles. The highest BCUT2D eigenvalue weighted by atomic mass is 32.1. The number of hydrogen-bond acceptors (Lipinski definition) is 2. The summed E-state index contributed by atoms with van der Waals surface area (Å²) in [6.07, 6.45) is 1.03. The van der Waals surface area contributed by atoms with Crippen LogP contribution in [0.1, 0.15) is 31.4 Å². The molecule has 1 aromatic rings. The van der Waals surface area contributed by atoms with Crippen LogP contribution in [0.25, 0.3) is 0 Å². The fourth-order valence-electron chi connectivity index (χ4n) is 1.57. The quantitative estimate of drug-likeness (QED) is 0.801. The van der Waals surface area contributed by atoms with Crippen LogP contribution in [0.2, 0.25) is 0 Å². The van der Waals surface area contributed by atoms with Gasteiger partial charge in [0.15, 0.2) is 0 Å². The number of nitrogens with one attached hydrogen (secondary N) is 1. The normalized spacial score (nSPS) is 13.7. The Kier molecular flexibility index (Phi) is 4.84. The molecule has 0 aliphatic carbocycles. The van der Waals surface area contributed by atoms with E-state index >= 15 is 0 Å². The SMILES string of the molecule is CCC(C)(NC(=O)Cc1ccc(C)cc1)C(N)=S. The number of aryl methyl sites for hydroxylation is 1. The number of benzene rings is 1. The van der Waals surface area contributed by atoms with E-state index in [1.165, 1.54) is 5.56 Å². The first-order valence-electron chi connectivity index (χ1n) is 6.04. The molecule has 0 heterocycles. The molecular weight excluding hydrogens is 244 g/mol. The second kappa shape index (κ2) is 5.96. The van der Waals surface area contributed by atoms with Crippen LogP contribution in [0.5, 0.6) is 0 Å². The first kappa shape index (κ1) is 14.6. The molecule has 18 heavy (non-hydrogen) atoms. The summed E-state index contributed by atoms with van der Waals surface area (Å²) in [7, 11) is 0. The summed E-state index contributed by atoms with van der Waals surface area (Å²) in [6.45, 7) is 5.82. The lowest BCUT2D eigenvalue weighted by Gasteiger charge is -2.28. The molecule has 1 aromatic carbocycles. The molecule has 0 fully saturated rings. The number of thiocarbonyl (C=S) groups is 1. The Balaban J connectivity index is 2.66. The van der Waals surface area contributed by atoms with E-state index in [2.05, 4.69) is 5.32 Å². The third-order valence-corrected chi connectivity index (χ3v) is 3.60. The largest absolute Gasteiger partial charge is 0.391 e. The molecule has 0 saturated heterocycles. The van der Waals surface area contributed by atoms with Crippen molar-refractivity contribution >= 4 is 23.1 Å². The third-order valence-electron chi connectivity index (χ3n) is 3.15. The van der Waals surface area contributed by atoms with Gasteiger partial charge in [-0.15, -0.1) is 0 Å². The standard InChI is InChI=1S/C14H20N2OS/c1-4-14(3,13(15)18)16-12(17)9-11-7-5-10(2)6-8-11/h5-8H,4,9H2,1-3H3,(H2,15,18)(H,16,17). The van der Waals surface area contributed by atoms with E-state index in [0.29, 0.717) is 17.8 Å². The second-order valence-corrected chi connectivity index (χ2v) is 5.20. The summed E-state index contributed by atoms with van der Waals surface area (Å²) in [5, 5.41) is 2.90. The van der Waals surface area contributed by atoms with Crippen molar-refractivity contribution in [3.63, 3.8) is 0 Å². The maximum Gasteiger partial charge on any atom is 0.225 e. The Labute approximate surface area is 114 Å². The van der Waals surface area contributed by atoms with E-state index in [0.717, 1.165) is 5.56 Å². The molecule has 1 atom stereocenters. The van der Waals surface area contributed by atoms with Gasteiger partial charge in [-0.25, -0.2) is 0 Å². The van der Waals surface area contributed by atoms with Crippen LogP contribution in [0.3, 0.4) is 0 Å². The zero-order chi connectivity index (χ0) is 13.8. The Morgan fingerprint density at radius 2 is 1.94 bits per heavy atom. The van der Waals surface area contributed by atoms with Crippen LogP contribution in [-0.4, -0.2) is 16.4 Å². The highest BCUT2D eigenvalue weighted by Crippen LogP contribution is 2.11. The fourth-order valence-corrected chi connectivity index (χ4v) is 1.76. The highest BCUT2D eigenvalue weighted by Gasteiger charge is 2.27. The second-order valence-electron chi connectivity index (χ2n) is 4.76. The first-order valence-corrected chi connectivity index (χ1v) is 6.44. The molecular formula is C14H20N2OS. The van der Waals surface area contributed by atoms with Crippen LogP contribution in [-0.2, 0) is 11.2 Å². The van der Waals surface area contributed by atoms with Crippen LogP contribution in [0.15, 0.2) is 24.3 Å². The zero-order valence-electron chi connectivity index (χ0n) is 11.1. The minimum Gasteiger partial charge on any atom is -0.391 e. The number of hydrogen-bond donors (Lipinski definition) is 2. The molecule has 1 unspecified atom stereocenters.